The average Bonchev–Trinajstić information content (AvgIpc) is 2.42. The first kappa shape index (κ1) is 16.2. The molecule has 0 N–H and O–H groups in total. The first-order valence-corrected chi connectivity index (χ1v) is 10.4. The van der Waals surface area contributed by atoms with Crippen molar-refractivity contribution < 1.29 is 0 Å². The Morgan fingerprint density at radius 1 is 0.947 bits per heavy atom. The Hall–Kier alpha value is -0.823. The van der Waals surface area contributed by atoms with Crippen LogP contribution in [0.5, 0.6) is 0 Å². The summed E-state index contributed by atoms with van der Waals surface area (Å²) in [6.45, 7) is 16.1. The van der Waals surface area contributed by atoms with Gasteiger partial charge in [0.25, 0.3) is 0 Å². The minimum absolute atomic E-state index is 1.18. The Morgan fingerprint density at radius 3 is 1.95 bits per heavy atom. The summed E-state index contributed by atoms with van der Waals surface area (Å²) in [5.41, 5.74) is 9.92. The van der Waals surface area contributed by atoms with Gasteiger partial charge in [-0.1, -0.05) is 62.3 Å². The van der Waals surface area contributed by atoms with Crippen LogP contribution in [-0.4, -0.2) is 8.07 Å². The number of hydrogen-bond acceptors (Lipinski definition) is 0. The predicted octanol–water partition coefficient (Wildman–Crippen LogP) is 6.06. The van der Waals surface area contributed by atoms with Crippen molar-refractivity contribution in [3.63, 3.8) is 0 Å². The number of rotatable bonds is 5. The summed E-state index contributed by atoms with van der Waals surface area (Å²) in [5, 5.41) is 0. The molecule has 0 fully saturated rings. The van der Waals surface area contributed by atoms with Gasteiger partial charge in [0.15, 0.2) is 0 Å². The maximum Gasteiger partial charge on any atom is 0.0773 e. The highest BCUT2D eigenvalue weighted by Gasteiger charge is 2.24. The molecule has 0 bridgehead atoms. The Bertz CT molecular complexity index is 457. The molecule has 0 spiro atoms. The molecule has 0 radical (unpaired) electrons. The van der Waals surface area contributed by atoms with E-state index in [2.05, 4.69) is 66.3 Å². The summed E-state index contributed by atoms with van der Waals surface area (Å²) in [7, 11) is -1.18. The van der Waals surface area contributed by atoms with Crippen LogP contribution in [0.1, 0.15) is 49.9 Å². The van der Waals surface area contributed by atoms with Gasteiger partial charge in [0.2, 0.25) is 0 Å². The third-order valence-electron chi connectivity index (χ3n) is 5.12. The van der Waals surface area contributed by atoms with Crippen LogP contribution in [-0.2, 0) is 0 Å². The standard InChI is InChI=1S/C18H30Si/c1-8-19(9-2,10-3)13-15(5)18-12-11-14(4)16(6)17(18)7/h11-13H,8-10H2,1-7H3/b15-13+. The molecule has 0 saturated heterocycles. The molecule has 0 amide bonds. The topological polar surface area (TPSA) is 0 Å². The smallest absolute Gasteiger partial charge is 0.0773 e. The van der Waals surface area contributed by atoms with Crippen LogP contribution in [0.4, 0.5) is 0 Å². The second-order valence-electron chi connectivity index (χ2n) is 5.93. The quantitative estimate of drug-likeness (QED) is 0.572. The fourth-order valence-electron chi connectivity index (χ4n) is 2.98. The van der Waals surface area contributed by atoms with Crippen molar-refractivity contribution >= 4 is 13.6 Å². The number of allylic oxidation sites excluding steroid dienone is 1. The van der Waals surface area contributed by atoms with Crippen molar-refractivity contribution in [2.45, 2.75) is 66.6 Å². The lowest BCUT2D eigenvalue weighted by Gasteiger charge is -2.25. The van der Waals surface area contributed by atoms with Crippen LogP contribution in [0.3, 0.4) is 0 Å². The summed E-state index contributed by atoms with van der Waals surface area (Å²) < 4.78 is 0. The molecule has 0 heterocycles. The molecule has 1 rings (SSSR count). The lowest BCUT2D eigenvalue weighted by atomic mass is 9.95. The summed E-state index contributed by atoms with van der Waals surface area (Å²) in [5.74, 6) is 0. The molecular formula is C18H30Si. The van der Waals surface area contributed by atoms with Gasteiger partial charge in [-0.05, 0) is 49.9 Å². The summed E-state index contributed by atoms with van der Waals surface area (Å²) in [4.78, 5) is 0. The minimum Gasteiger partial charge on any atom is -0.0908 e. The number of hydrogen-bond donors (Lipinski definition) is 0. The highest BCUT2D eigenvalue weighted by molar-refractivity contribution is 6.85. The van der Waals surface area contributed by atoms with Gasteiger partial charge in [-0.25, -0.2) is 0 Å². The molecule has 0 aliphatic heterocycles. The summed E-state index contributed by atoms with van der Waals surface area (Å²) >= 11 is 0. The van der Waals surface area contributed by atoms with Gasteiger partial charge in [-0.3, -0.25) is 0 Å². The monoisotopic (exact) mass is 274 g/mol. The van der Waals surface area contributed by atoms with Crippen LogP contribution in [0.25, 0.3) is 5.57 Å². The van der Waals surface area contributed by atoms with E-state index in [4.69, 9.17) is 0 Å². The zero-order chi connectivity index (χ0) is 14.6. The molecule has 0 saturated carbocycles. The van der Waals surface area contributed by atoms with Gasteiger partial charge in [0.05, 0.1) is 8.07 Å². The second kappa shape index (κ2) is 6.56. The van der Waals surface area contributed by atoms with Crippen molar-refractivity contribution in [2.75, 3.05) is 0 Å². The zero-order valence-electron chi connectivity index (χ0n) is 13.9. The second-order valence-corrected chi connectivity index (χ2v) is 11.1. The van der Waals surface area contributed by atoms with E-state index < -0.39 is 8.07 Å². The molecule has 1 heteroatoms. The Morgan fingerprint density at radius 2 is 1.47 bits per heavy atom. The Kier molecular flexibility index (Phi) is 5.60. The van der Waals surface area contributed by atoms with Gasteiger partial charge in [-0.2, -0.15) is 0 Å². The third-order valence-corrected chi connectivity index (χ3v) is 10.4. The van der Waals surface area contributed by atoms with Gasteiger partial charge >= 0.3 is 0 Å². The fraction of sp³-hybridized carbons (Fsp3) is 0.556. The fourth-order valence-corrected chi connectivity index (χ4v) is 6.16. The van der Waals surface area contributed by atoms with Crippen LogP contribution in [0.15, 0.2) is 17.8 Å². The van der Waals surface area contributed by atoms with Crippen molar-refractivity contribution in [3.8, 4) is 0 Å². The van der Waals surface area contributed by atoms with E-state index in [-0.39, 0.29) is 0 Å². The molecule has 0 atom stereocenters. The largest absolute Gasteiger partial charge is 0.0908 e. The summed E-state index contributed by atoms with van der Waals surface area (Å²) in [6, 6.07) is 8.66. The molecule has 106 valence electrons. The molecule has 1 aromatic rings. The predicted molar refractivity (Wildman–Crippen MR) is 91.5 cm³/mol. The van der Waals surface area contributed by atoms with E-state index in [1.165, 1.54) is 46.0 Å². The highest BCUT2D eigenvalue weighted by Crippen LogP contribution is 2.29. The molecule has 0 aromatic heterocycles. The van der Waals surface area contributed by atoms with E-state index in [0.29, 0.717) is 0 Å². The average molecular weight is 275 g/mol. The first-order valence-electron chi connectivity index (χ1n) is 7.67. The number of benzene rings is 1. The van der Waals surface area contributed by atoms with Gasteiger partial charge in [0.1, 0.15) is 0 Å². The maximum atomic E-state index is 2.66. The molecular weight excluding hydrogens is 244 g/mol. The summed E-state index contributed by atoms with van der Waals surface area (Å²) in [6.07, 6.45) is 0. The van der Waals surface area contributed by atoms with Crippen molar-refractivity contribution in [3.05, 3.63) is 40.1 Å². The van der Waals surface area contributed by atoms with Crippen molar-refractivity contribution in [2.24, 2.45) is 0 Å². The minimum atomic E-state index is -1.18. The van der Waals surface area contributed by atoms with Crippen LogP contribution in [0, 0.1) is 20.8 Å². The van der Waals surface area contributed by atoms with E-state index in [1.807, 2.05) is 0 Å². The Balaban J connectivity index is 3.27. The molecule has 0 unspecified atom stereocenters. The third kappa shape index (κ3) is 3.39. The first-order chi connectivity index (χ1) is 8.90. The van der Waals surface area contributed by atoms with Gasteiger partial charge < -0.3 is 0 Å². The van der Waals surface area contributed by atoms with Crippen LogP contribution >= 0.6 is 0 Å². The van der Waals surface area contributed by atoms with E-state index in [0.717, 1.165) is 0 Å². The van der Waals surface area contributed by atoms with E-state index in [1.54, 1.807) is 0 Å². The maximum absolute atomic E-state index is 2.66. The molecule has 19 heavy (non-hydrogen) atoms. The molecule has 1 aromatic carbocycles. The van der Waals surface area contributed by atoms with Gasteiger partial charge in [-0.15, -0.1) is 0 Å². The molecule has 0 nitrogen and oxygen atoms in total. The normalized spacial score (nSPS) is 12.9. The number of aryl methyl sites for hydroxylation is 1. The molecule has 0 aliphatic rings. The van der Waals surface area contributed by atoms with Crippen LogP contribution in [0.2, 0.25) is 18.1 Å². The SMILES string of the molecule is CC[Si](/C=C(\C)c1ccc(C)c(C)c1C)(CC)CC. The Labute approximate surface area is 121 Å². The molecule has 0 aliphatic carbocycles. The van der Waals surface area contributed by atoms with Crippen LogP contribution < -0.4 is 0 Å². The van der Waals surface area contributed by atoms with Crippen molar-refractivity contribution in [1.29, 1.82) is 0 Å². The van der Waals surface area contributed by atoms with E-state index >= 15 is 0 Å². The highest BCUT2D eigenvalue weighted by atomic mass is 28.3. The lowest BCUT2D eigenvalue weighted by Crippen LogP contribution is -2.29. The van der Waals surface area contributed by atoms with E-state index in [9.17, 15) is 0 Å². The van der Waals surface area contributed by atoms with Crippen molar-refractivity contribution in [1.82, 2.24) is 0 Å². The van der Waals surface area contributed by atoms with Gasteiger partial charge in [0, 0.05) is 0 Å². The lowest BCUT2D eigenvalue weighted by molar-refractivity contribution is 1.19. The zero-order valence-corrected chi connectivity index (χ0v) is 14.9.